The first kappa shape index (κ1) is 19.0. The van der Waals surface area contributed by atoms with Crippen LogP contribution >= 0.6 is 0 Å². The lowest BCUT2D eigenvalue weighted by Crippen LogP contribution is -2.38. The van der Waals surface area contributed by atoms with Gasteiger partial charge >= 0.3 is 10.0 Å². The molecule has 2 aromatic rings. The molecule has 2 rings (SSSR count). The van der Waals surface area contributed by atoms with Gasteiger partial charge in [0.1, 0.15) is 10.6 Å². The van der Waals surface area contributed by atoms with Crippen molar-refractivity contribution in [2.45, 2.75) is 25.7 Å². The van der Waals surface area contributed by atoms with E-state index in [2.05, 4.69) is 4.72 Å². The van der Waals surface area contributed by atoms with Gasteiger partial charge in [-0.1, -0.05) is 18.2 Å². The van der Waals surface area contributed by atoms with E-state index < -0.39 is 10.0 Å². The summed E-state index contributed by atoms with van der Waals surface area (Å²) in [5, 5.41) is 0. The normalized spacial score (nSPS) is 11.0. The average molecular weight is 361 g/mol. The van der Waals surface area contributed by atoms with E-state index in [1.807, 2.05) is 55.7 Å². The Kier molecular flexibility index (Phi) is 6.58. The van der Waals surface area contributed by atoms with E-state index in [4.69, 9.17) is 4.74 Å². The van der Waals surface area contributed by atoms with Crippen molar-refractivity contribution in [1.29, 1.82) is 0 Å². The minimum Gasteiger partial charge on any atom is -0.494 e. The van der Waals surface area contributed by atoms with E-state index in [0.717, 1.165) is 5.56 Å². The van der Waals surface area contributed by atoms with Gasteiger partial charge in [-0.3, -0.25) is 4.58 Å². The highest BCUT2D eigenvalue weighted by Gasteiger charge is 2.25. The Morgan fingerprint density at radius 1 is 0.960 bits per heavy atom. The van der Waals surface area contributed by atoms with Crippen molar-refractivity contribution in [3.8, 4) is 5.75 Å². The molecule has 5 nitrogen and oxygen atoms in total. The predicted octanol–water partition coefficient (Wildman–Crippen LogP) is 2.86. The minimum absolute atomic E-state index is 0.205. The molecule has 0 heterocycles. The molecule has 0 saturated heterocycles. The summed E-state index contributed by atoms with van der Waals surface area (Å²) in [7, 11) is -3.69. The molecule has 0 unspecified atom stereocenters. The number of sulfonamides is 1. The minimum atomic E-state index is -3.69. The number of hydrogen-bond acceptors (Lipinski definition) is 3. The van der Waals surface area contributed by atoms with Gasteiger partial charge in [0, 0.05) is 0 Å². The van der Waals surface area contributed by atoms with Crippen molar-refractivity contribution >= 4 is 15.9 Å². The lowest BCUT2D eigenvalue weighted by atomic mass is 10.2. The van der Waals surface area contributed by atoms with Crippen LogP contribution in [-0.2, 0) is 10.0 Å². The number of benzene rings is 2. The average Bonchev–Trinajstić information content (AvgIpc) is 2.63. The highest BCUT2D eigenvalue weighted by Crippen LogP contribution is 2.16. The van der Waals surface area contributed by atoms with Gasteiger partial charge in [0.2, 0.25) is 0 Å². The third kappa shape index (κ3) is 4.82. The van der Waals surface area contributed by atoms with Crippen LogP contribution in [0.5, 0.6) is 5.75 Å². The Morgan fingerprint density at radius 3 is 2.08 bits per heavy atom. The fraction of sp³-hybridized carbons (Fsp3) is 0.316. The molecule has 2 aromatic carbocycles. The van der Waals surface area contributed by atoms with Gasteiger partial charge in [-0.25, -0.2) is 0 Å². The maximum absolute atomic E-state index is 12.8. The maximum Gasteiger partial charge on any atom is 0.328 e. The second kappa shape index (κ2) is 8.67. The summed E-state index contributed by atoms with van der Waals surface area (Å²) in [5.74, 6) is 1.23. The lowest BCUT2D eigenvalue weighted by Gasteiger charge is -2.11. The van der Waals surface area contributed by atoms with Gasteiger partial charge in [0.05, 0.1) is 25.3 Å². The molecule has 0 spiro atoms. The molecule has 0 amide bonds. The van der Waals surface area contributed by atoms with E-state index in [9.17, 15) is 8.42 Å². The van der Waals surface area contributed by atoms with Crippen LogP contribution < -0.4 is 9.46 Å². The van der Waals surface area contributed by atoms with Crippen LogP contribution in [0.3, 0.4) is 0 Å². The predicted molar refractivity (Wildman–Crippen MR) is 99.8 cm³/mol. The number of rotatable bonds is 7. The standard InChI is InChI=1S/C19H24N2O3S/c1-4-21(5-2)19(16-10-8-7-9-11-16)20-25(22,23)18-14-12-17(13-15-18)24-6-3/h7-15H,4-6H2,1-3H3/p+1. The topological polar surface area (TPSA) is 58.4 Å². The zero-order valence-electron chi connectivity index (χ0n) is 14.9. The van der Waals surface area contributed by atoms with E-state index in [0.29, 0.717) is 31.3 Å². The molecule has 0 atom stereocenters. The molecular formula is C19H25N2O3S+. The molecule has 0 aliphatic carbocycles. The van der Waals surface area contributed by atoms with Gasteiger partial charge < -0.3 is 4.74 Å². The molecule has 0 aromatic heterocycles. The van der Waals surface area contributed by atoms with Gasteiger partial charge in [0.15, 0.2) is 0 Å². The molecule has 0 saturated carbocycles. The van der Waals surface area contributed by atoms with Gasteiger partial charge in [-0.05, 0) is 57.2 Å². The molecule has 0 radical (unpaired) electrons. The Labute approximate surface area is 150 Å². The highest BCUT2D eigenvalue weighted by molar-refractivity contribution is 7.90. The number of amidine groups is 1. The summed E-state index contributed by atoms with van der Waals surface area (Å²) < 4.78 is 35.8. The Hall–Kier alpha value is -2.34. The van der Waals surface area contributed by atoms with Gasteiger partial charge in [-0.2, -0.15) is 13.1 Å². The van der Waals surface area contributed by atoms with Gasteiger partial charge in [0.25, 0.3) is 5.84 Å². The van der Waals surface area contributed by atoms with Crippen molar-refractivity contribution < 1.29 is 17.7 Å². The molecule has 6 heteroatoms. The third-order valence-electron chi connectivity index (χ3n) is 3.80. The van der Waals surface area contributed by atoms with E-state index in [-0.39, 0.29) is 4.90 Å². The summed E-state index contributed by atoms with van der Waals surface area (Å²) in [6, 6.07) is 15.9. The molecule has 25 heavy (non-hydrogen) atoms. The largest absolute Gasteiger partial charge is 0.494 e. The number of nitrogens with zero attached hydrogens (tertiary/aromatic N) is 1. The highest BCUT2D eigenvalue weighted by atomic mass is 32.2. The zero-order chi connectivity index (χ0) is 18.3. The molecule has 0 bridgehead atoms. The first-order chi connectivity index (χ1) is 12.0. The Balaban J connectivity index is 2.39. The zero-order valence-corrected chi connectivity index (χ0v) is 15.7. The van der Waals surface area contributed by atoms with Gasteiger partial charge in [-0.15, -0.1) is 0 Å². The van der Waals surface area contributed by atoms with Crippen molar-refractivity contribution in [3.63, 3.8) is 0 Å². The van der Waals surface area contributed by atoms with Crippen LogP contribution in [-0.4, -0.2) is 38.5 Å². The van der Waals surface area contributed by atoms with E-state index in [1.54, 1.807) is 24.3 Å². The second-order valence-electron chi connectivity index (χ2n) is 5.40. The van der Waals surface area contributed by atoms with Crippen LogP contribution in [0.1, 0.15) is 26.3 Å². The Morgan fingerprint density at radius 2 is 1.56 bits per heavy atom. The van der Waals surface area contributed by atoms with Crippen LogP contribution in [0.15, 0.2) is 59.5 Å². The molecule has 0 fully saturated rings. The third-order valence-corrected chi connectivity index (χ3v) is 5.16. The maximum atomic E-state index is 12.8. The van der Waals surface area contributed by atoms with Crippen LogP contribution in [0.25, 0.3) is 0 Å². The number of ether oxygens (including phenoxy) is 1. The Bertz CT molecular complexity index is 808. The lowest BCUT2D eigenvalue weighted by molar-refractivity contribution is -0.521. The quantitative estimate of drug-likeness (QED) is 0.469. The second-order valence-corrected chi connectivity index (χ2v) is 7.08. The van der Waals surface area contributed by atoms with Crippen LogP contribution in [0.2, 0.25) is 0 Å². The molecule has 0 aliphatic rings. The van der Waals surface area contributed by atoms with Crippen LogP contribution in [0, 0.1) is 0 Å². The molecular weight excluding hydrogens is 336 g/mol. The SMILES string of the molecule is CCOc1ccc(S(=O)(=O)NC(c2ccccc2)=[N+](CC)CC)cc1. The van der Waals surface area contributed by atoms with Crippen molar-refractivity contribution in [2.24, 2.45) is 0 Å². The summed E-state index contributed by atoms with van der Waals surface area (Å²) in [5.41, 5.74) is 0.834. The molecule has 0 aliphatic heterocycles. The summed E-state index contributed by atoms with van der Waals surface area (Å²) >= 11 is 0. The fourth-order valence-corrected chi connectivity index (χ4v) is 3.62. The summed E-state index contributed by atoms with van der Waals surface area (Å²) in [6.45, 7) is 7.82. The summed E-state index contributed by atoms with van der Waals surface area (Å²) in [6.07, 6.45) is 0. The first-order valence-electron chi connectivity index (χ1n) is 8.44. The van der Waals surface area contributed by atoms with Crippen molar-refractivity contribution in [2.75, 3.05) is 19.7 Å². The summed E-state index contributed by atoms with van der Waals surface area (Å²) in [4.78, 5) is 0.205. The first-order valence-corrected chi connectivity index (χ1v) is 9.93. The molecule has 134 valence electrons. The molecule has 1 N–H and O–H groups in total. The van der Waals surface area contributed by atoms with Crippen molar-refractivity contribution in [1.82, 2.24) is 4.72 Å². The monoisotopic (exact) mass is 361 g/mol. The number of nitrogens with one attached hydrogen (secondary N) is 1. The van der Waals surface area contributed by atoms with Crippen molar-refractivity contribution in [3.05, 3.63) is 60.2 Å². The van der Waals surface area contributed by atoms with E-state index >= 15 is 0 Å². The smallest absolute Gasteiger partial charge is 0.328 e. The number of hydrogen-bond donors (Lipinski definition) is 1. The van der Waals surface area contributed by atoms with E-state index in [1.165, 1.54) is 0 Å². The van der Waals surface area contributed by atoms with Crippen LogP contribution in [0.4, 0.5) is 0 Å². The fourth-order valence-electron chi connectivity index (χ4n) is 2.51.